The SMILES string of the molecule is Cc1cccc([C@@H]2CC(c3ccccc3NS(C)(=O)=O)=NN2C(=O)c2ccco2)c1. The Labute approximate surface area is 175 Å². The molecular weight excluding hydrogens is 402 g/mol. The molecule has 0 radical (unpaired) electrons. The second kappa shape index (κ2) is 7.79. The summed E-state index contributed by atoms with van der Waals surface area (Å²) in [6, 6.07) is 17.9. The van der Waals surface area contributed by atoms with Crippen LogP contribution in [0.25, 0.3) is 0 Å². The molecule has 8 heteroatoms. The number of amides is 1. The molecule has 0 spiro atoms. The number of nitrogens with one attached hydrogen (secondary N) is 1. The Kier molecular flexibility index (Phi) is 5.17. The lowest BCUT2D eigenvalue weighted by molar-refractivity contribution is 0.0678. The molecule has 1 aromatic heterocycles. The minimum Gasteiger partial charge on any atom is -0.459 e. The predicted octanol–water partition coefficient (Wildman–Crippen LogP) is 3.95. The average molecular weight is 423 g/mol. The van der Waals surface area contributed by atoms with E-state index in [0.29, 0.717) is 23.4 Å². The van der Waals surface area contributed by atoms with Crippen LogP contribution in [0.4, 0.5) is 5.69 Å². The minimum absolute atomic E-state index is 0.195. The molecular formula is C22H21N3O4S. The molecule has 1 amide bonds. The molecule has 154 valence electrons. The Hall–Kier alpha value is -3.39. The summed E-state index contributed by atoms with van der Waals surface area (Å²) >= 11 is 0. The predicted molar refractivity (Wildman–Crippen MR) is 115 cm³/mol. The summed E-state index contributed by atoms with van der Waals surface area (Å²) in [7, 11) is -3.47. The third-order valence-corrected chi connectivity index (χ3v) is 5.40. The van der Waals surface area contributed by atoms with Gasteiger partial charge in [-0.05, 0) is 30.7 Å². The van der Waals surface area contributed by atoms with Crippen LogP contribution >= 0.6 is 0 Å². The van der Waals surface area contributed by atoms with Crippen molar-refractivity contribution in [1.82, 2.24) is 5.01 Å². The van der Waals surface area contributed by atoms with E-state index in [9.17, 15) is 13.2 Å². The lowest BCUT2D eigenvalue weighted by atomic mass is 9.96. The van der Waals surface area contributed by atoms with Crippen LogP contribution in [0.1, 0.15) is 39.7 Å². The topological polar surface area (TPSA) is 92.0 Å². The number of sulfonamides is 1. The van der Waals surface area contributed by atoms with Crippen LogP contribution in [0.3, 0.4) is 0 Å². The largest absolute Gasteiger partial charge is 0.459 e. The summed E-state index contributed by atoms with van der Waals surface area (Å²) < 4.78 is 31.4. The summed E-state index contributed by atoms with van der Waals surface area (Å²) in [5.41, 5.74) is 3.70. The fraction of sp³-hybridized carbons (Fsp3) is 0.182. The van der Waals surface area contributed by atoms with Gasteiger partial charge in [0.2, 0.25) is 10.0 Å². The van der Waals surface area contributed by atoms with E-state index in [0.717, 1.165) is 17.4 Å². The normalized spacial score (nSPS) is 16.4. The van der Waals surface area contributed by atoms with Crippen molar-refractivity contribution in [2.24, 2.45) is 5.10 Å². The van der Waals surface area contributed by atoms with Crippen molar-refractivity contribution in [2.75, 3.05) is 11.0 Å². The maximum absolute atomic E-state index is 13.1. The molecule has 0 fully saturated rings. The number of nitrogens with zero attached hydrogens (tertiary/aromatic N) is 2. The first-order valence-electron chi connectivity index (χ1n) is 9.40. The van der Waals surface area contributed by atoms with Gasteiger partial charge in [-0.3, -0.25) is 9.52 Å². The van der Waals surface area contributed by atoms with Gasteiger partial charge in [0.25, 0.3) is 0 Å². The van der Waals surface area contributed by atoms with E-state index in [1.807, 2.05) is 37.3 Å². The molecule has 1 atom stereocenters. The van der Waals surface area contributed by atoms with Gasteiger partial charge in [-0.15, -0.1) is 0 Å². The van der Waals surface area contributed by atoms with Gasteiger partial charge in [0.05, 0.1) is 30.0 Å². The minimum atomic E-state index is -3.47. The maximum atomic E-state index is 13.1. The second-order valence-corrected chi connectivity index (χ2v) is 8.98. The van der Waals surface area contributed by atoms with Gasteiger partial charge in [-0.25, -0.2) is 13.4 Å². The average Bonchev–Trinajstić information content (AvgIpc) is 3.37. The van der Waals surface area contributed by atoms with Crippen molar-refractivity contribution >= 4 is 27.3 Å². The summed E-state index contributed by atoms with van der Waals surface area (Å²) in [4.78, 5) is 13.1. The van der Waals surface area contributed by atoms with Crippen molar-refractivity contribution < 1.29 is 17.6 Å². The van der Waals surface area contributed by atoms with Crippen molar-refractivity contribution in [3.63, 3.8) is 0 Å². The molecule has 4 rings (SSSR count). The number of para-hydroxylation sites is 1. The highest BCUT2D eigenvalue weighted by Crippen LogP contribution is 2.36. The third kappa shape index (κ3) is 4.13. The number of furan rings is 1. The monoisotopic (exact) mass is 423 g/mol. The fourth-order valence-corrected chi connectivity index (χ4v) is 4.11. The van der Waals surface area contributed by atoms with E-state index >= 15 is 0 Å². The van der Waals surface area contributed by atoms with Crippen LogP contribution in [0.15, 0.2) is 76.4 Å². The molecule has 2 aromatic carbocycles. The molecule has 0 saturated heterocycles. The maximum Gasteiger partial charge on any atom is 0.310 e. The first kappa shape index (κ1) is 19.9. The zero-order valence-corrected chi connectivity index (χ0v) is 17.4. The molecule has 1 aliphatic heterocycles. The number of hydrogen-bond donors (Lipinski definition) is 1. The van der Waals surface area contributed by atoms with E-state index in [-0.39, 0.29) is 17.7 Å². The van der Waals surface area contributed by atoms with Gasteiger partial charge in [0.15, 0.2) is 5.76 Å². The molecule has 0 bridgehead atoms. The Bertz CT molecular complexity index is 1220. The quantitative estimate of drug-likeness (QED) is 0.673. The van der Waals surface area contributed by atoms with E-state index in [1.54, 1.807) is 30.3 Å². The number of hydrogen-bond acceptors (Lipinski definition) is 5. The zero-order chi connectivity index (χ0) is 21.3. The van der Waals surface area contributed by atoms with Crippen LogP contribution in [-0.2, 0) is 10.0 Å². The standard InChI is InChI=1S/C22H21N3O4S/c1-15-7-5-8-16(13-15)20-14-19(23-25(20)22(26)21-11-6-12-29-21)17-9-3-4-10-18(17)24-30(2,27)28/h3-13,20,24H,14H2,1-2H3/t20-/m0/s1. The van der Waals surface area contributed by atoms with Crippen molar-refractivity contribution in [3.8, 4) is 0 Å². The highest BCUT2D eigenvalue weighted by atomic mass is 32.2. The number of rotatable bonds is 5. The molecule has 2 heterocycles. The smallest absolute Gasteiger partial charge is 0.310 e. The van der Waals surface area contributed by atoms with Gasteiger partial charge in [0.1, 0.15) is 0 Å². The van der Waals surface area contributed by atoms with E-state index in [4.69, 9.17) is 4.42 Å². The Morgan fingerprint density at radius 2 is 1.93 bits per heavy atom. The van der Waals surface area contributed by atoms with Crippen LogP contribution in [0.2, 0.25) is 0 Å². The van der Waals surface area contributed by atoms with Crippen LogP contribution in [0.5, 0.6) is 0 Å². The first-order valence-corrected chi connectivity index (χ1v) is 11.3. The van der Waals surface area contributed by atoms with Gasteiger partial charge in [-0.2, -0.15) is 5.10 Å². The molecule has 0 aliphatic carbocycles. The van der Waals surface area contributed by atoms with Crippen LogP contribution in [-0.4, -0.2) is 31.3 Å². The molecule has 3 aromatic rings. The Balaban J connectivity index is 1.77. The summed E-state index contributed by atoms with van der Waals surface area (Å²) in [5, 5.41) is 6.01. The first-order chi connectivity index (χ1) is 14.3. The van der Waals surface area contributed by atoms with Crippen molar-refractivity contribution in [3.05, 3.63) is 89.4 Å². The van der Waals surface area contributed by atoms with E-state index in [2.05, 4.69) is 9.82 Å². The molecule has 0 unspecified atom stereocenters. The van der Waals surface area contributed by atoms with Crippen LogP contribution in [0, 0.1) is 6.92 Å². The molecule has 0 saturated carbocycles. The van der Waals surface area contributed by atoms with Crippen molar-refractivity contribution in [2.45, 2.75) is 19.4 Å². The third-order valence-electron chi connectivity index (χ3n) is 4.81. The zero-order valence-electron chi connectivity index (χ0n) is 16.6. The lowest BCUT2D eigenvalue weighted by Crippen LogP contribution is -2.26. The van der Waals surface area contributed by atoms with Gasteiger partial charge < -0.3 is 4.42 Å². The Morgan fingerprint density at radius 1 is 1.13 bits per heavy atom. The van der Waals surface area contributed by atoms with Gasteiger partial charge >= 0.3 is 5.91 Å². The van der Waals surface area contributed by atoms with Crippen LogP contribution < -0.4 is 4.72 Å². The molecule has 30 heavy (non-hydrogen) atoms. The number of hydrazone groups is 1. The summed E-state index contributed by atoms with van der Waals surface area (Å²) in [6.07, 6.45) is 2.99. The second-order valence-electron chi connectivity index (χ2n) is 7.23. The van der Waals surface area contributed by atoms with Gasteiger partial charge in [0, 0.05) is 12.0 Å². The molecule has 7 nitrogen and oxygen atoms in total. The number of carbonyl (C=O) groups excluding carboxylic acids is 1. The number of anilines is 1. The number of aryl methyl sites for hydroxylation is 1. The molecule has 1 N–H and O–H groups in total. The number of benzene rings is 2. The van der Waals surface area contributed by atoms with E-state index in [1.165, 1.54) is 11.3 Å². The highest BCUT2D eigenvalue weighted by molar-refractivity contribution is 7.92. The Morgan fingerprint density at radius 3 is 2.63 bits per heavy atom. The van der Waals surface area contributed by atoms with Crippen molar-refractivity contribution in [1.29, 1.82) is 0 Å². The number of carbonyl (C=O) groups is 1. The summed E-state index contributed by atoms with van der Waals surface area (Å²) in [5.74, 6) is -0.157. The lowest BCUT2D eigenvalue weighted by Gasteiger charge is -2.21. The fourth-order valence-electron chi connectivity index (χ4n) is 3.53. The summed E-state index contributed by atoms with van der Waals surface area (Å²) in [6.45, 7) is 1.99. The highest BCUT2D eigenvalue weighted by Gasteiger charge is 2.35. The molecule has 1 aliphatic rings. The van der Waals surface area contributed by atoms with Gasteiger partial charge in [-0.1, -0.05) is 48.0 Å². The van der Waals surface area contributed by atoms with E-state index < -0.39 is 10.0 Å².